The maximum absolute atomic E-state index is 14.1. The van der Waals surface area contributed by atoms with Gasteiger partial charge in [0.1, 0.15) is 0 Å². The number of likely N-dealkylation sites (tertiary alicyclic amines) is 2. The Morgan fingerprint density at radius 2 is 1.59 bits per heavy atom. The summed E-state index contributed by atoms with van der Waals surface area (Å²) in [6.45, 7) is 6.24. The lowest BCUT2D eigenvalue weighted by Crippen LogP contribution is -2.56. The molecule has 1 atom stereocenters. The molecule has 16 heteroatoms. The highest BCUT2D eigenvalue weighted by Gasteiger charge is 2.39. The number of urea groups is 1. The van der Waals surface area contributed by atoms with E-state index in [2.05, 4.69) is 16.8 Å². The Kier molecular flexibility index (Phi) is 10.7. The van der Waals surface area contributed by atoms with Gasteiger partial charge in [0, 0.05) is 81.8 Å². The lowest BCUT2D eigenvalue weighted by molar-refractivity contribution is -0.143. The molecule has 4 aliphatic rings. The highest BCUT2D eigenvalue weighted by atomic mass is 35.5. The molecular formula is C33H44ClF3N8O3S. The van der Waals surface area contributed by atoms with Crippen LogP contribution in [0.4, 0.5) is 29.3 Å². The SMILES string of the molecule is CN1CCN(C2CCN(C(=O)[C@H](CC(=O)N3CCC(N4Cc5cscc5N(N)C4=O)CC3)Cc3cc(Cl)c(N)c(C(F)(F)F)c3)CC2)CC1. The predicted molar refractivity (Wildman–Crippen MR) is 183 cm³/mol. The lowest BCUT2D eigenvalue weighted by Gasteiger charge is -2.43. The number of hydrazine groups is 1. The van der Waals surface area contributed by atoms with Crippen LogP contribution >= 0.6 is 22.9 Å². The first-order valence-corrected chi connectivity index (χ1v) is 18.2. The number of hydrogen-bond donors (Lipinski definition) is 2. The van der Waals surface area contributed by atoms with Crippen molar-refractivity contribution in [2.75, 3.05) is 70.1 Å². The van der Waals surface area contributed by atoms with Crippen LogP contribution in [0.1, 0.15) is 48.8 Å². The molecule has 5 heterocycles. The van der Waals surface area contributed by atoms with E-state index in [1.807, 2.05) is 10.8 Å². The van der Waals surface area contributed by atoms with Gasteiger partial charge >= 0.3 is 12.2 Å². The van der Waals surface area contributed by atoms with Crippen molar-refractivity contribution in [3.05, 3.63) is 44.6 Å². The number of thiophene rings is 1. The fraction of sp³-hybridized carbons (Fsp3) is 0.606. The monoisotopic (exact) mass is 724 g/mol. The molecule has 0 unspecified atom stereocenters. The van der Waals surface area contributed by atoms with E-state index < -0.39 is 23.3 Å². The number of nitrogens with two attached hydrogens (primary N) is 2. The number of halogens is 4. The molecule has 49 heavy (non-hydrogen) atoms. The number of nitrogen functional groups attached to an aromatic ring is 1. The zero-order chi connectivity index (χ0) is 35.0. The van der Waals surface area contributed by atoms with Gasteiger partial charge < -0.3 is 25.3 Å². The number of benzene rings is 1. The molecule has 6 rings (SSSR count). The number of rotatable bonds is 7. The van der Waals surface area contributed by atoms with Crippen LogP contribution in [0.3, 0.4) is 0 Å². The van der Waals surface area contributed by atoms with Gasteiger partial charge in [0.05, 0.1) is 34.4 Å². The van der Waals surface area contributed by atoms with Crippen LogP contribution in [-0.4, -0.2) is 114 Å². The van der Waals surface area contributed by atoms with Crippen LogP contribution in [0.15, 0.2) is 22.9 Å². The summed E-state index contributed by atoms with van der Waals surface area (Å²) in [4.78, 5) is 50.8. The number of anilines is 2. The van der Waals surface area contributed by atoms with Crippen LogP contribution in [-0.2, 0) is 28.7 Å². The molecule has 0 spiro atoms. The number of likely N-dealkylation sites (N-methyl/N-ethyl adjacent to an activating group) is 1. The minimum atomic E-state index is -4.73. The third kappa shape index (κ3) is 7.80. The molecule has 0 bridgehead atoms. The zero-order valence-corrected chi connectivity index (χ0v) is 29.2. The standard InChI is InChI=1S/C33H44ClF3N8O3S/c1-40-10-12-41(13-11-40)24-2-8-43(9-3-24)31(47)22(14-21-15-26(33(35,36)37)30(38)27(34)16-21)17-29(46)42-6-4-25(5-7-42)44-18-23-19-49-20-28(23)45(39)32(44)48/h15-16,19-20,22,24-25H,2-14,17-18,38-39H2,1H3/t22-/m0/s1. The zero-order valence-electron chi connectivity index (χ0n) is 27.6. The van der Waals surface area contributed by atoms with Crippen molar-refractivity contribution in [2.45, 2.75) is 63.3 Å². The highest BCUT2D eigenvalue weighted by Crippen LogP contribution is 2.39. The van der Waals surface area contributed by atoms with E-state index in [1.165, 1.54) is 22.4 Å². The van der Waals surface area contributed by atoms with Crippen molar-refractivity contribution in [1.82, 2.24) is 24.5 Å². The molecule has 4 aliphatic heterocycles. The Morgan fingerprint density at radius 1 is 0.959 bits per heavy atom. The van der Waals surface area contributed by atoms with Crippen LogP contribution in [0.2, 0.25) is 5.02 Å². The molecule has 0 radical (unpaired) electrons. The van der Waals surface area contributed by atoms with Crippen molar-refractivity contribution >= 4 is 52.2 Å². The summed E-state index contributed by atoms with van der Waals surface area (Å²) < 4.78 is 41.4. The van der Waals surface area contributed by atoms with E-state index in [0.29, 0.717) is 57.3 Å². The van der Waals surface area contributed by atoms with Gasteiger partial charge in [0.2, 0.25) is 11.8 Å². The second kappa shape index (κ2) is 14.6. The summed E-state index contributed by atoms with van der Waals surface area (Å²) in [5, 5.41) is 4.76. The maximum atomic E-state index is 14.1. The minimum absolute atomic E-state index is 0.0832. The number of alkyl halides is 3. The van der Waals surface area contributed by atoms with Gasteiger partial charge in [0.25, 0.3) is 0 Å². The Labute approximate surface area is 293 Å². The molecule has 268 valence electrons. The minimum Gasteiger partial charge on any atom is -0.397 e. The Bertz CT molecular complexity index is 1540. The van der Waals surface area contributed by atoms with E-state index in [9.17, 15) is 27.6 Å². The first kappa shape index (κ1) is 35.7. The molecule has 2 aromatic rings. The second-order valence-corrected chi connectivity index (χ2v) is 14.9. The summed E-state index contributed by atoms with van der Waals surface area (Å²) in [7, 11) is 2.11. The van der Waals surface area contributed by atoms with Crippen molar-refractivity contribution < 1.29 is 27.6 Å². The molecule has 11 nitrogen and oxygen atoms in total. The Hall–Kier alpha value is -3.11. The summed E-state index contributed by atoms with van der Waals surface area (Å²) in [5.41, 5.74) is 5.95. The van der Waals surface area contributed by atoms with Crippen LogP contribution in [0.5, 0.6) is 0 Å². The number of piperazine rings is 1. The number of nitrogens with zero attached hydrogens (tertiary/aromatic N) is 6. The van der Waals surface area contributed by atoms with Gasteiger partial charge in [-0.3, -0.25) is 14.5 Å². The van der Waals surface area contributed by atoms with Gasteiger partial charge in [-0.05, 0) is 62.2 Å². The summed E-state index contributed by atoms with van der Waals surface area (Å²) in [6, 6.07) is 2.28. The van der Waals surface area contributed by atoms with Crippen molar-refractivity contribution in [2.24, 2.45) is 11.8 Å². The lowest BCUT2D eigenvalue weighted by atomic mass is 9.91. The van der Waals surface area contributed by atoms with E-state index in [0.717, 1.165) is 50.7 Å². The van der Waals surface area contributed by atoms with E-state index >= 15 is 0 Å². The van der Waals surface area contributed by atoms with Crippen LogP contribution in [0.25, 0.3) is 0 Å². The first-order chi connectivity index (χ1) is 23.3. The van der Waals surface area contributed by atoms with Gasteiger partial charge in [0.15, 0.2) is 0 Å². The molecule has 1 aromatic heterocycles. The number of hydrogen-bond acceptors (Lipinski definition) is 8. The maximum Gasteiger partial charge on any atom is 0.418 e. The number of fused-ring (bicyclic) bond motifs is 1. The smallest absolute Gasteiger partial charge is 0.397 e. The van der Waals surface area contributed by atoms with Crippen molar-refractivity contribution in [1.29, 1.82) is 0 Å². The fourth-order valence-electron chi connectivity index (χ4n) is 7.65. The Balaban J connectivity index is 1.13. The summed E-state index contributed by atoms with van der Waals surface area (Å²) in [5.74, 6) is 4.72. The van der Waals surface area contributed by atoms with E-state index in [1.54, 1.807) is 14.7 Å². The molecule has 4 amide bonds. The van der Waals surface area contributed by atoms with E-state index in [4.69, 9.17) is 23.2 Å². The van der Waals surface area contributed by atoms with Crippen molar-refractivity contribution in [3.63, 3.8) is 0 Å². The van der Waals surface area contributed by atoms with Gasteiger partial charge in [-0.1, -0.05) is 11.6 Å². The highest BCUT2D eigenvalue weighted by molar-refractivity contribution is 7.08. The second-order valence-electron chi connectivity index (χ2n) is 13.7. The number of carbonyl (C=O) groups excluding carboxylic acids is 3. The molecule has 3 fully saturated rings. The molecular weight excluding hydrogens is 681 g/mol. The molecule has 0 aliphatic carbocycles. The molecule has 1 aromatic carbocycles. The molecule has 0 saturated carbocycles. The molecule has 4 N–H and O–H groups in total. The van der Waals surface area contributed by atoms with Gasteiger partial charge in [-0.2, -0.15) is 13.2 Å². The topological polar surface area (TPSA) is 123 Å². The number of amides is 4. The normalized spacial score (nSPS) is 21.3. The summed E-state index contributed by atoms with van der Waals surface area (Å²) >= 11 is 7.63. The summed E-state index contributed by atoms with van der Waals surface area (Å²) in [6.07, 6.45) is -2.26. The van der Waals surface area contributed by atoms with Crippen molar-refractivity contribution in [3.8, 4) is 0 Å². The average molecular weight is 725 g/mol. The number of piperidine rings is 2. The van der Waals surface area contributed by atoms with E-state index in [-0.39, 0.29) is 47.3 Å². The largest absolute Gasteiger partial charge is 0.418 e. The Morgan fingerprint density at radius 3 is 2.24 bits per heavy atom. The quantitative estimate of drug-likeness (QED) is 0.251. The van der Waals surface area contributed by atoms with Gasteiger partial charge in [-0.25, -0.2) is 15.6 Å². The van der Waals surface area contributed by atoms with Gasteiger partial charge in [-0.15, -0.1) is 11.3 Å². The first-order valence-electron chi connectivity index (χ1n) is 16.8. The number of carbonyl (C=O) groups is 3. The van der Waals surface area contributed by atoms with Crippen LogP contribution in [0, 0.1) is 5.92 Å². The predicted octanol–water partition coefficient (Wildman–Crippen LogP) is 4.10. The molecule has 3 saturated heterocycles. The fourth-order valence-corrected chi connectivity index (χ4v) is 8.71. The van der Waals surface area contributed by atoms with Crippen LogP contribution < -0.4 is 16.6 Å². The third-order valence-electron chi connectivity index (χ3n) is 10.6. The average Bonchev–Trinajstić information content (AvgIpc) is 3.56. The third-order valence-corrected chi connectivity index (χ3v) is 11.7.